The molecule has 2 N–H and O–H groups in total. The van der Waals surface area contributed by atoms with Crippen molar-refractivity contribution in [2.75, 3.05) is 26.8 Å². The number of hydrogen-bond donors (Lipinski definition) is 1. The first-order valence-corrected chi connectivity index (χ1v) is 5.28. The summed E-state index contributed by atoms with van der Waals surface area (Å²) in [6.07, 6.45) is 4.32. The topological polar surface area (TPSA) is 55.6 Å². The standard InChI is InChI=1S/C10H20N2O2.ClH/c1-14-8-10(13)12-7-3-2-4-9(12)5-6-11;/h9H,2-8,11H2,1H3;1H. The summed E-state index contributed by atoms with van der Waals surface area (Å²) >= 11 is 0. The van der Waals surface area contributed by atoms with Crippen molar-refractivity contribution in [2.24, 2.45) is 5.73 Å². The van der Waals surface area contributed by atoms with Gasteiger partial charge in [-0.2, -0.15) is 0 Å². The largest absolute Gasteiger partial charge is 0.375 e. The van der Waals surface area contributed by atoms with Gasteiger partial charge in [-0.05, 0) is 32.2 Å². The minimum atomic E-state index is 0. The van der Waals surface area contributed by atoms with Gasteiger partial charge in [0.15, 0.2) is 0 Å². The molecule has 0 radical (unpaired) electrons. The maximum absolute atomic E-state index is 11.6. The molecule has 90 valence electrons. The molecular weight excluding hydrogens is 216 g/mol. The molecule has 1 aliphatic heterocycles. The van der Waals surface area contributed by atoms with Gasteiger partial charge in [0.1, 0.15) is 6.61 Å². The molecule has 15 heavy (non-hydrogen) atoms. The summed E-state index contributed by atoms with van der Waals surface area (Å²) in [5, 5.41) is 0. The molecular formula is C10H21ClN2O2. The van der Waals surface area contributed by atoms with E-state index in [1.54, 1.807) is 7.11 Å². The van der Waals surface area contributed by atoms with E-state index in [9.17, 15) is 4.79 Å². The predicted molar refractivity (Wildman–Crippen MR) is 62.1 cm³/mol. The van der Waals surface area contributed by atoms with E-state index in [0.717, 1.165) is 25.8 Å². The molecule has 1 saturated heterocycles. The van der Waals surface area contributed by atoms with E-state index in [0.29, 0.717) is 12.6 Å². The zero-order valence-corrected chi connectivity index (χ0v) is 10.1. The van der Waals surface area contributed by atoms with Crippen molar-refractivity contribution < 1.29 is 9.53 Å². The first-order chi connectivity index (χ1) is 6.79. The van der Waals surface area contributed by atoms with Crippen molar-refractivity contribution >= 4 is 18.3 Å². The highest BCUT2D eigenvalue weighted by atomic mass is 35.5. The van der Waals surface area contributed by atoms with Crippen molar-refractivity contribution in [3.63, 3.8) is 0 Å². The van der Waals surface area contributed by atoms with Crippen LogP contribution in [0.2, 0.25) is 0 Å². The van der Waals surface area contributed by atoms with E-state index in [2.05, 4.69) is 0 Å². The van der Waals surface area contributed by atoms with Gasteiger partial charge in [0.25, 0.3) is 0 Å². The lowest BCUT2D eigenvalue weighted by Gasteiger charge is -2.35. The number of rotatable bonds is 4. The van der Waals surface area contributed by atoms with Crippen LogP contribution in [0, 0.1) is 0 Å². The molecule has 1 rings (SSSR count). The van der Waals surface area contributed by atoms with Crippen LogP contribution in [-0.2, 0) is 9.53 Å². The third-order valence-corrected chi connectivity index (χ3v) is 2.72. The molecule has 0 aromatic heterocycles. The maximum Gasteiger partial charge on any atom is 0.248 e. The van der Waals surface area contributed by atoms with Crippen molar-refractivity contribution in [2.45, 2.75) is 31.7 Å². The van der Waals surface area contributed by atoms with Crippen LogP contribution in [0.15, 0.2) is 0 Å². The summed E-state index contributed by atoms with van der Waals surface area (Å²) in [6, 6.07) is 0.344. The summed E-state index contributed by atoms with van der Waals surface area (Å²) in [7, 11) is 1.56. The lowest BCUT2D eigenvalue weighted by Crippen LogP contribution is -2.46. The highest BCUT2D eigenvalue weighted by Gasteiger charge is 2.25. The fourth-order valence-electron chi connectivity index (χ4n) is 2.03. The number of amides is 1. The fraction of sp³-hybridized carbons (Fsp3) is 0.900. The second-order valence-electron chi connectivity index (χ2n) is 3.75. The van der Waals surface area contributed by atoms with Crippen LogP contribution in [0.5, 0.6) is 0 Å². The van der Waals surface area contributed by atoms with Crippen LogP contribution in [0.1, 0.15) is 25.7 Å². The van der Waals surface area contributed by atoms with Crippen molar-refractivity contribution in [3.05, 3.63) is 0 Å². The van der Waals surface area contributed by atoms with Gasteiger partial charge < -0.3 is 15.4 Å². The quantitative estimate of drug-likeness (QED) is 0.785. The first kappa shape index (κ1) is 14.7. The zero-order chi connectivity index (χ0) is 10.4. The minimum absolute atomic E-state index is 0. The lowest BCUT2D eigenvalue weighted by molar-refractivity contribution is -0.138. The second-order valence-corrected chi connectivity index (χ2v) is 3.75. The van der Waals surface area contributed by atoms with E-state index in [1.165, 1.54) is 6.42 Å². The number of piperidine rings is 1. The Morgan fingerprint density at radius 1 is 1.53 bits per heavy atom. The van der Waals surface area contributed by atoms with Gasteiger partial charge in [-0.15, -0.1) is 12.4 Å². The molecule has 1 heterocycles. The van der Waals surface area contributed by atoms with Crippen LogP contribution in [0.4, 0.5) is 0 Å². The summed E-state index contributed by atoms with van der Waals surface area (Å²) in [6.45, 7) is 1.72. The Hall–Kier alpha value is -0.320. The SMILES string of the molecule is COCC(=O)N1CCCCC1CCN.Cl. The van der Waals surface area contributed by atoms with Gasteiger partial charge in [-0.25, -0.2) is 0 Å². The van der Waals surface area contributed by atoms with E-state index in [1.807, 2.05) is 4.90 Å². The molecule has 0 saturated carbocycles. The zero-order valence-electron chi connectivity index (χ0n) is 9.28. The summed E-state index contributed by atoms with van der Waals surface area (Å²) in [5.41, 5.74) is 5.53. The number of methoxy groups -OCH3 is 1. The number of likely N-dealkylation sites (tertiary alicyclic amines) is 1. The molecule has 4 nitrogen and oxygen atoms in total. The third kappa shape index (κ3) is 4.36. The number of ether oxygens (including phenoxy) is 1. The van der Waals surface area contributed by atoms with E-state index in [-0.39, 0.29) is 24.9 Å². The van der Waals surface area contributed by atoms with E-state index in [4.69, 9.17) is 10.5 Å². The Kier molecular flexibility index (Phi) is 7.74. The van der Waals surface area contributed by atoms with Crippen LogP contribution in [0.3, 0.4) is 0 Å². The monoisotopic (exact) mass is 236 g/mol. The molecule has 1 fully saturated rings. The Bertz CT molecular complexity index is 188. The Morgan fingerprint density at radius 3 is 2.87 bits per heavy atom. The van der Waals surface area contributed by atoms with Crippen LogP contribution < -0.4 is 5.73 Å². The molecule has 0 bridgehead atoms. The fourth-order valence-corrected chi connectivity index (χ4v) is 2.03. The summed E-state index contributed by atoms with van der Waals surface area (Å²) in [4.78, 5) is 13.6. The van der Waals surface area contributed by atoms with Crippen LogP contribution >= 0.6 is 12.4 Å². The maximum atomic E-state index is 11.6. The van der Waals surface area contributed by atoms with Crippen molar-refractivity contribution in [3.8, 4) is 0 Å². The third-order valence-electron chi connectivity index (χ3n) is 2.72. The van der Waals surface area contributed by atoms with E-state index >= 15 is 0 Å². The summed E-state index contributed by atoms with van der Waals surface area (Å²) in [5.74, 6) is 0.102. The van der Waals surface area contributed by atoms with Crippen LogP contribution in [-0.4, -0.2) is 43.7 Å². The molecule has 1 amide bonds. The number of carbonyl (C=O) groups is 1. The Balaban J connectivity index is 0.00000196. The molecule has 0 aliphatic carbocycles. The van der Waals surface area contributed by atoms with Gasteiger partial charge in [0, 0.05) is 19.7 Å². The first-order valence-electron chi connectivity index (χ1n) is 5.28. The molecule has 1 unspecified atom stereocenters. The van der Waals surface area contributed by atoms with Gasteiger partial charge in [0.2, 0.25) is 5.91 Å². The average Bonchev–Trinajstić information content (AvgIpc) is 2.19. The Labute approximate surface area is 97.5 Å². The minimum Gasteiger partial charge on any atom is -0.375 e. The second kappa shape index (κ2) is 7.91. The van der Waals surface area contributed by atoms with Crippen LogP contribution in [0.25, 0.3) is 0 Å². The van der Waals surface area contributed by atoms with Crippen molar-refractivity contribution in [1.82, 2.24) is 4.90 Å². The molecule has 1 atom stereocenters. The highest BCUT2D eigenvalue weighted by molar-refractivity contribution is 5.85. The molecule has 0 spiro atoms. The molecule has 1 aliphatic rings. The lowest BCUT2D eigenvalue weighted by atomic mass is 9.99. The van der Waals surface area contributed by atoms with Crippen molar-refractivity contribution in [1.29, 1.82) is 0 Å². The number of hydrogen-bond acceptors (Lipinski definition) is 3. The van der Waals surface area contributed by atoms with E-state index < -0.39 is 0 Å². The van der Waals surface area contributed by atoms with Gasteiger partial charge in [-0.1, -0.05) is 0 Å². The number of nitrogens with two attached hydrogens (primary N) is 1. The number of carbonyl (C=O) groups excluding carboxylic acids is 1. The van der Waals surface area contributed by atoms with Gasteiger partial charge in [-0.3, -0.25) is 4.79 Å². The van der Waals surface area contributed by atoms with Gasteiger partial charge >= 0.3 is 0 Å². The predicted octanol–water partition coefficient (Wildman–Crippen LogP) is 0.784. The molecule has 0 aromatic rings. The highest BCUT2D eigenvalue weighted by Crippen LogP contribution is 2.19. The average molecular weight is 237 g/mol. The molecule has 0 aromatic carbocycles. The Morgan fingerprint density at radius 2 is 2.27 bits per heavy atom. The normalized spacial score (nSPS) is 20.9. The number of nitrogens with zero attached hydrogens (tertiary/aromatic N) is 1. The smallest absolute Gasteiger partial charge is 0.248 e. The number of halogens is 1. The molecule has 5 heteroatoms. The van der Waals surface area contributed by atoms with Gasteiger partial charge in [0.05, 0.1) is 0 Å². The summed E-state index contributed by atoms with van der Waals surface area (Å²) < 4.78 is 4.86.